The molecule has 0 bridgehead atoms. The average Bonchev–Trinajstić information content (AvgIpc) is 2.86. The molecule has 0 radical (unpaired) electrons. The van der Waals surface area contributed by atoms with Crippen LogP contribution >= 0.6 is 0 Å². The summed E-state index contributed by atoms with van der Waals surface area (Å²) in [6.45, 7) is 1.34. The zero-order chi connectivity index (χ0) is 20.0. The largest absolute Gasteiger partial charge is 0.433 e. The van der Waals surface area contributed by atoms with Crippen LogP contribution in [-0.2, 0) is 12.4 Å². The lowest BCUT2D eigenvalue weighted by atomic mass is 10.2. The molecule has 0 unspecified atom stereocenters. The molecule has 3 rings (SSSR count). The van der Waals surface area contributed by atoms with E-state index in [1.807, 2.05) is 0 Å². The number of alkyl halides is 6. The number of halogens is 6. The number of benzene rings is 1. The fraction of sp³-hybridized carbons (Fsp3) is 0.200. The van der Waals surface area contributed by atoms with Crippen molar-refractivity contribution in [3.8, 4) is 0 Å². The number of nitrogens with two attached hydrogens (primary N) is 1. The van der Waals surface area contributed by atoms with Gasteiger partial charge in [-0.25, -0.2) is 9.50 Å². The van der Waals surface area contributed by atoms with Crippen molar-refractivity contribution >= 4 is 22.8 Å². The van der Waals surface area contributed by atoms with Crippen LogP contribution in [-0.4, -0.2) is 14.6 Å². The van der Waals surface area contributed by atoms with Crippen LogP contribution in [0.25, 0.3) is 5.65 Å². The first-order valence-electron chi connectivity index (χ1n) is 7.29. The van der Waals surface area contributed by atoms with Crippen LogP contribution in [0.15, 0.2) is 40.6 Å². The normalized spacial score (nSPS) is 13.0. The van der Waals surface area contributed by atoms with Gasteiger partial charge in [-0.1, -0.05) is 6.07 Å². The second-order valence-corrected chi connectivity index (χ2v) is 5.50. The lowest BCUT2D eigenvalue weighted by Gasteiger charge is -2.09. The van der Waals surface area contributed by atoms with Crippen molar-refractivity contribution < 1.29 is 26.3 Å². The molecule has 0 saturated heterocycles. The summed E-state index contributed by atoms with van der Waals surface area (Å²) in [6.07, 6.45) is -9.30. The van der Waals surface area contributed by atoms with Crippen molar-refractivity contribution in [3.63, 3.8) is 0 Å². The summed E-state index contributed by atoms with van der Waals surface area (Å²) in [5.74, 6) is -0.394. The summed E-state index contributed by atoms with van der Waals surface area (Å²) in [5.41, 5.74) is 2.83. The number of azo groups is 1. The number of aromatic nitrogens is 3. The Balaban J connectivity index is 2.10. The van der Waals surface area contributed by atoms with E-state index >= 15 is 0 Å². The Bertz CT molecular complexity index is 1030. The van der Waals surface area contributed by atoms with Crippen molar-refractivity contribution in [1.29, 1.82) is 0 Å². The molecule has 3 aromatic rings. The first-order valence-corrected chi connectivity index (χ1v) is 7.29. The highest BCUT2D eigenvalue weighted by atomic mass is 19.4. The lowest BCUT2D eigenvalue weighted by molar-refractivity contribution is -0.142. The van der Waals surface area contributed by atoms with Gasteiger partial charge in [0.15, 0.2) is 17.2 Å². The van der Waals surface area contributed by atoms with Crippen LogP contribution < -0.4 is 5.73 Å². The van der Waals surface area contributed by atoms with E-state index in [1.54, 1.807) is 0 Å². The Labute approximate surface area is 147 Å². The molecular weight excluding hydrogens is 378 g/mol. The number of fused-ring (bicyclic) bond motifs is 1. The van der Waals surface area contributed by atoms with Gasteiger partial charge in [-0.15, -0.1) is 10.2 Å². The average molecular weight is 388 g/mol. The second-order valence-electron chi connectivity index (χ2n) is 5.50. The Morgan fingerprint density at radius 3 is 2.33 bits per heavy atom. The van der Waals surface area contributed by atoms with Crippen LogP contribution in [0, 0.1) is 6.92 Å². The number of rotatable bonds is 2. The zero-order valence-electron chi connectivity index (χ0n) is 13.5. The van der Waals surface area contributed by atoms with Gasteiger partial charge in [-0.3, -0.25) is 0 Å². The number of nitrogen functional groups attached to an aromatic ring is 1. The smallest absolute Gasteiger partial charge is 0.380 e. The van der Waals surface area contributed by atoms with E-state index < -0.39 is 29.4 Å². The lowest BCUT2D eigenvalue weighted by Crippen LogP contribution is -2.13. The predicted molar refractivity (Wildman–Crippen MR) is 82.8 cm³/mol. The molecule has 0 aliphatic rings. The summed E-state index contributed by atoms with van der Waals surface area (Å²) in [4.78, 5) is 3.93. The Hall–Kier alpha value is -3.18. The van der Waals surface area contributed by atoms with Crippen molar-refractivity contribution in [2.75, 3.05) is 5.73 Å². The highest BCUT2D eigenvalue weighted by Crippen LogP contribution is 2.36. The molecule has 1 aromatic carbocycles. The second kappa shape index (κ2) is 6.21. The molecule has 12 heteroatoms. The van der Waals surface area contributed by atoms with E-state index in [0.29, 0.717) is 4.52 Å². The summed E-state index contributed by atoms with van der Waals surface area (Å²) in [5, 5.41) is 10.9. The van der Waals surface area contributed by atoms with E-state index in [9.17, 15) is 26.3 Å². The quantitative estimate of drug-likeness (QED) is 0.491. The van der Waals surface area contributed by atoms with Gasteiger partial charge in [0.25, 0.3) is 0 Å². The number of nitrogens with zero attached hydrogens (tertiary/aromatic N) is 5. The van der Waals surface area contributed by atoms with Crippen LogP contribution in [0.2, 0.25) is 0 Å². The van der Waals surface area contributed by atoms with Crippen molar-refractivity contribution in [2.24, 2.45) is 10.2 Å². The van der Waals surface area contributed by atoms with Gasteiger partial charge in [-0.2, -0.15) is 31.5 Å². The highest BCUT2D eigenvalue weighted by molar-refractivity contribution is 5.75. The molecule has 0 aliphatic heterocycles. The third-order valence-electron chi connectivity index (χ3n) is 3.45. The SMILES string of the molecule is Cc1cc(C(F)(F)F)n2nc(N)c(N=Nc3cccc(C(F)(F)F)c3)c2n1. The van der Waals surface area contributed by atoms with Crippen molar-refractivity contribution in [1.82, 2.24) is 14.6 Å². The molecule has 27 heavy (non-hydrogen) atoms. The number of hydrogen-bond donors (Lipinski definition) is 1. The molecule has 6 nitrogen and oxygen atoms in total. The molecule has 0 atom stereocenters. The predicted octanol–water partition coefficient (Wildman–Crippen LogP) is 5.07. The van der Waals surface area contributed by atoms with E-state index in [-0.39, 0.29) is 22.7 Å². The Kier molecular flexibility index (Phi) is 4.28. The summed E-state index contributed by atoms with van der Waals surface area (Å²) < 4.78 is 78.1. The molecule has 2 aromatic heterocycles. The molecule has 2 N–H and O–H groups in total. The number of anilines is 1. The maximum Gasteiger partial charge on any atom is 0.433 e. The van der Waals surface area contributed by atoms with Gasteiger partial charge in [0.1, 0.15) is 5.69 Å². The first kappa shape index (κ1) is 18.6. The summed E-state index contributed by atoms with van der Waals surface area (Å²) >= 11 is 0. The minimum absolute atomic E-state index is 0.0326. The Morgan fingerprint density at radius 1 is 1.00 bits per heavy atom. The number of aryl methyl sites for hydroxylation is 1. The molecule has 142 valence electrons. The van der Waals surface area contributed by atoms with Gasteiger partial charge in [0.2, 0.25) is 0 Å². The molecular formula is C15H10F6N6. The fourth-order valence-electron chi connectivity index (χ4n) is 2.29. The van der Waals surface area contributed by atoms with Crippen LogP contribution in [0.4, 0.5) is 43.5 Å². The third kappa shape index (κ3) is 3.68. The van der Waals surface area contributed by atoms with E-state index in [1.165, 1.54) is 13.0 Å². The minimum atomic E-state index is -4.72. The summed E-state index contributed by atoms with van der Waals surface area (Å²) in [7, 11) is 0. The van der Waals surface area contributed by atoms with Gasteiger partial charge in [0, 0.05) is 5.69 Å². The fourth-order valence-corrected chi connectivity index (χ4v) is 2.29. The summed E-state index contributed by atoms with van der Waals surface area (Å²) in [6, 6.07) is 4.75. The monoisotopic (exact) mass is 388 g/mol. The van der Waals surface area contributed by atoms with Crippen molar-refractivity contribution in [3.05, 3.63) is 47.3 Å². The van der Waals surface area contributed by atoms with Crippen LogP contribution in [0.3, 0.4) is 0 Å². The molecule has 0 amide bonds. The van der Waals surface area contributed by atoms with Crippen LogP contribution in [0.5, 0.6) is 0 Å². The maximum atomic E-state index is 13.2. The van der Waals surface area contributed by atoms with Gasteiger partial charge in [0.05, 0.1) is 11.3 Å². The van der Waals surface area contributed by atoms with Crippen LogP contribution in [0.1, 0.15) is 17.0 Å². The van der Waals surface area contributed by atoms with E-state index in [0.717, 1.165) is 24.3 Å². The zero-order valence-corrected chi connectivity index (χ0v) is 13.5. The standard InChI is InChI=1S/C15H10F6N6/c1-7-5-10(15(19,20)21)27-13(23-7)11(12(22)26-27)25-24-9-4-2-3-8(6-9)14(16,17)18/h2-6H,1H3,(H2,22,26). The third-order valence-corrected chi connectivity index (χ3v) is 3.45. The maximum absolute atomic E-state index is 13.2. The topological polar surface area (TPSA) is 80.9 Å². The first-order chi connectivity index (χ1) is 12.5. The van der Waals surface area contributed by atoms with Gasteiger partial charge in [-0.05, 0) is 31.2 Å². The minimum Gasteiger partial charge on any atom is -0.380 e. The molecule has 0 spiro atoms. The molecule has 2 heterocycles. The molecule has 0 saturated carbocycles. The molecule has 0 fully saturated rings. The molecule has 0 aliphatic carbocycles. The van der Waals surface area contributed by atoms with Gasteiger partial charge >= 0.3 is 12.4 Å². The Morgan fingerprint density at radius 2 is 1.70 bits per heavy atom. The highest BCUT2D eigenvalue weighted by Gasteiger charge is 2.35. The number of hydrogen-bond acceptors (Lipinski definition) is 5. The van der Waals surface area contributed by atoms with Crippen molar-refractivity contribution in [2.45, 2.75) is 19.3 Å². The van der Waals surface area contributed by atoms with E-state index in [2.05, 4.69) is 20.3 Å². The van der Waals surface area contributed by atoms with Gasteiger partial charge < -0.3 is 5.73 Å². The van der Waals surface area contributed by atoms with E-state index in [4.69, 9.17) is 5.73 Å².